The van der Waals surface area contributed by atoms with Crippen LogP contribution < -0.4 is 4.31 Å². The summed E-state index contributed by atoms with van der Waals surface area (Å²) in [4.78, 5) is 0.336. The molecule has 0 saturated carbocycles. The van der Waals surface area contributed by atoms with Gasteiger partial charge in [-0.15, -0.1) is 0 Å². The predicted molar refractivity (Wildman–Crippen MR) is 101 cm³/mol. The number of fused-ring (bicyclic) bond motifs is 1. The minimum absolute atomic E-state index is 0.336. The Labute approximate surface area is 153 Å². The number of nitrogens with zero attached hydrogens (tertiary/aromatic N) is 2. The molecule has 0 amide bonds. The van der Waals surface area contributed by atoms with Crippen LogP contribution in [0.25, 0.3) is 11.3 Å². The molecule has 6 heteroatoms. The smallest absolute Gasteiger partial charge is 0.264 e. The topological polar surface area (TPSA) is 63.4 Å². The maximum atomic E-state index is 13.4. The molecule has 26 heavy (non-hydrogen) atoms. The van der Waals surface area contributed by atoms with Crippen LogP contribution in [0.1, 0.15) is 23.7 Å². The monoisotopic (exact) mass is 368 g/mol. The van der Waals surface area contributed by atoms with Crippen LogP contribution in [0.2, 0.25) is 0 Å². The van der Waals surface area contributed by atoms with Gasteiger partial charge < -0.3 is 4.52 Å². The van der Waals surface area contributed by atoms with Crippen molar-refractivity contribution < 1.29 is 12.9 Å². The summed E-state index contributed by atoms with van der Waals surface area (Å²) in [6, 6.07) is 14.9. The van der Waals surface area contributed by atoms with E-state index in [1.165, 1.54) is 4.31 Å². The van der Waals surface area contributed by atoms with Gasteiger partial charge in [0, 0.05) is 18.2 Å². The number of sulfonamides is 1. The average Bonchev–Trinajstić information content (AvgIpc) is 3.27. The lowest BCUT2D eigenvalue weighted by Gasteiger charge is -2.21. The highest BCUT2D eigenvalue weighted by Crippen LogP contribution is 2.35. The number of aryl methyl sites for hydroxylation is 2. The summed E-state index contributed by atoms with van der Waals surface area (Å²) in [5.74, 6) is 0.573. The molecule has 0 atom stereocenters. The SMILES string of the molecule is CCc1ccc(-c2cc(C)no2)cc1S(=O)(=O)N1CCc2ccccc21. The molecular weight excluding hydrogens is 348 g/mol. The third-order valence-corrected chi connectivity index (χ3v) is 6.67. The van der Waals surface area contributed by atoms with Gasteiger partial charge in [0.15, 0.2) is 5.76 Å². The molecule has 3 aromatic rings. The van der Waals surface area contributed by atoms with Gasteiger partial charge in [-0.3, -0.25) is 4.31 Å². The van der Waals surface area contributed by atoms with Gasteiger partial charge in [-0.2, -0.15) is 0 Å². The van der Waals surface area contributed by atoms with Crippen molar-refractivity contribution in [1.29, 1.82) is 0 Å². The number of para-hydroxylation sites is 1. The molecule has 0 N–H and O–H groups in total. The van der Waals surface area contributed by atoms with Crippen LogP contribution in [-0.4, -0.2) is 20.1 Å². The molecule has 5 nitrogen and oxygen atoms in total. The van der Waals surface area contributed by atoms with Gasteiger partial charge in [-0.25, -0.2) is 8.42 Å². The minimum atomic E-state index is -3.65. The summed E-state index contributed by atoms with van der Waals surface area (Å²) in [5.41, 5.74) is 4.12. The lowest BCUT2D eigenvalue weighted by Crippen LogP contribution is -2.29. The lowest BCUT2D eigenvalue weighted by molar-refractivity contribution is 0.427. The number of anilines is 1. The standard InChI is InChI=1S/C20H20N2O3S/c1-3-15-8-9-17(19-12-14(2)21-25-19)13-20(15)26(23,24)22-11-10-16-6-4-5-7-18(16)22/h4-9,12-13H,3,10-11H2,1-2H3. The summed E-state index contributed by atoms with van der Waals surface area (Å²) in [7, 11) is -3.65. The van der Waals surface area contributed by atoms with Crippen LogP contribution in [0.5, 0.6) is 0 Å². The van der Waals surface area contributed by atoms with E-state index in [1.54, 1.807) is 6.07 Å². The van der Waals surface area contributed by atoms with Gasteiger partial charge in [0.2, 0.25) is 0 Å². The molecule has 4 rings (SSSR count). The number of benzene rings is 2. The zero-order chi connectivity index (χ0) is 18.3. The maximum absolute atomic E-state index is 13.4. The van der Waals surface area contributed by atoms with E-state index in [2.05, 4.69) is 5.16 Å². The van der Waals surface area contributed by atoms with Crippen molar-refractivity contribution in [1.82, 2.24) is 5.16 Å². The molecule has 0 aliphatic carbocycles. The molecule has 0 unspecified atom stereocenters. The fourth-order valence-corrected chi connectivity index (χ4v) is 5.24. The first-order chi connectivity index (χ1) is 12.5. The summed E-state index contributed by atoms with van der Waals surface area (Å²) in [6.45, 7) is 4.27. The Hall–Kier alpha value is -2.60. The first-order valence-corrected chi connectivity index (χ1v) is 10.1. The van der Waals surface area contributed by atoms with Gasteiger partial charge >= 0.3 is 0 Å². The molecule has 1 aliphatic rings. The van der Waals surface area contributed by atoms with Crippen LogP contribution in [-0.2, 0) is 22.9 Å². The molecule has 0 spiro atoms. The quantitative estimate of drug-likeness (QED) is 0.699. The van der Waals surface area contributed by atoms with E-state index in [9.17, 15) is 8.42 Å². The first kappa shape index (κ1) is 16.8. The Kier molecular flexibility index (Phi) is 4.07. The maximum Gasteiger partial charge on any atom is 0.264 e. The van der Waals surface area contributed by atoms with E-state index < -0.39 is 10.0 Å². The molecular formula is C20H20N2O3S. The second-order valence-electron chi connectivity index (χ2n) is 6.46. The Balaban J connectivity index is 1.83. The highest BCUT2D eigenvalue weighted by Gasteiger charge is 2.32. The normalized spacial score (nSPS) is 13.8. The largest absolute Gasteiger partial charge is 0.356 e. The summed E-state index contributed by atoms with van der Waals surface area (Å²) in [5, 5.41) is 3.90. The molecule has 2 aromatic carbocycles. The van der Waals surface area contributed by atoms with Gasteiger partial charge in [-0.05, 0) is 43.0 Å². The van der Waals surface area contributed by atoms with Gasteiger partial charge in [0.25, 0.3) is 10.0 Å². The number of hydrogen-bond acceptors (Lipinski definition) is 4. The van der Waals surface area contributed by atoms with E-state index >= 15 is 0 Å². The van der Waals surface area contributed by atoms with Crippen LogP contribution in [0.15, 0.2) is 57.9 Å². The second-order valence-corrected chi connectivity index (χ2v) is 8.30. The Morgan fingerprint density at radius 1 is 1.15 bits per heavy atom. The molecule has 0 saturated heterocycles. The van der Waals surface area contributed by atoms with Crippen LogP contribution in [0, 0.1) is 6.92 Å². The van der Waals surface area contributed by atoms with E-state index in [4.69, 9.17) is 4.52 Å². The van der Waals surface area contributed by atoms with Gasteiger partial charge in [0.05, 0.1) is 16.3 Å². The average molecular weight is 368 g/mol. The highest BCUT2D eigenvalue weighted by molar-refractivity contribution is 7.93. The Morgan fingerprint density at radius 3 is 2.69 bits per heavy atom. The molecule has 1 aliphatic heterocycles. The summed E-state index contributed by atoms with van der Waals surface area (Å²) < 4.78 is 33.7. The lowest BCUT2D eigenvalue weighted by atomic mass is 10.1. The molecule has 2 heterocycles. The zero-order valence-electron chi connectivity index (χ0n) is 14.8. The number of rotatable bonds is 4. The van der Waals surface area contributed by atoms with Crippen LogP contribution >= 0.6 is 0 Å². The fraction of sp³-hybridized carbons (Fsp3) is 0.250. The Morgan fingerprint density at radius 2 is 1.96 bits per heavy atom. The second kappa shape index (κ2) is 6.29. The molecule has 0 bridgehead atoms. The zero-order valence-corrected chi connectivity index (χ0v) is 15.6. The highest BCUT2D eigenvalue weighted by atomic mass is 32.2. The third-order valence-electron chi connectivity index (χ3n) is 4.77. The first-order valence-electron chi connectivity index (χ1n) is 8.68. The minimum Gasteiger partial charge on any atom is -0.356 e. The fourth-order valence-electron chi connectivity index (χ4n) is 3.42. The van der Waals surface area contributed by atoms with Crippen molar-refractivity contribution in [3.63, 3.8) is 0 Å². The summed E-state index contributed by atoms with van der Waals surface area (Å²) >= 11 is 0. The van der Waals surface area contributed by atoms with Crippen molar-refractivity contribution in [3.05, 3.63) is 65.4 Å². The van der Waals surface area contributed by atoms with Gasteiger partial charge in [-0.1, -0.05) is 42.4 Å². The van der Waals surface area contributed by atoms with Crippen molar-refractivity contribution in [2.75, 3.05) is 10.8 Å². The van der Waals surface area contributed by atoms with Crippen molar-refractivity contribution in [3.8, 4) is 11.3 Å². The number of aromatic nitrogens is 1. The van der Waals surface area contributed by atoms with E-state index in [0.717, 1.165) is 28.9 Å². The Bertz CT molecular complexity index is 1070. The number of hydrogen-bond donors (Lipinski definition) is 0. The van der Waals surface area contributed by atoms with Gasteiger partial charge in [0.1, 0.15) is 0 Å². The predicted octanol–water partition coefficient (Wildman–Crippen LogP) is 3.96. The van der Waals surface area contributed by atoms with Crippen molar-refractivity contribution in [2.45, 2.75) is 31.6 Å². The van der Waals surface area contributed by atoms with Crippen molar-refractivity contribution >= 4 is 15.7 Å². The molecule has 0 fully saturated rings. The van der Waals surface area contributed by atoms with E-state index in [-0.39, 0.29) is 0 Å². The van der Waals surface area contributed by atoms with Crippen LogP contribution in [0.3, 0.4) is 0 Å². The molecule has 1 aromatic heterocycles. The summed E-state index contributed by atoms with van der Waals surface area (Å²) in [6.07, 6.45) is 1.37. The van der Waals surface area contributed by atoms with Crippen molar-refractivity contribution in [2.24, 2.45) is 0 Å². The third kappa shape index (κ3) is 2.70. The van der Waals surface area contributed by atoms with E-state index in [0.29, 0.717) is 29.2 Å². The van der Waals surface area contributed by atoms with Crippen LogP contribution in [0.4, 0.5) is 5.69 Å². The molecule has 134 valence electrons. The van der Waals surface area contributed by atoms with E-state index in [1.807, 2.05) is 56.3 Å². The molecule has 0 radical (unpaired) electrons.